The van der Waals surface area contributed by atoms with E-state index in [0.29, 0.717) is 12.2 Å². The molecule has 0 aliphatic carbocycles. The number of hydrogen-bond donors (Lipinski definition) is 0. The van der Waals surface area contributed by atoms with Gasteiger partial charge < -0.3 is 9.26 Å². The number of aryl methyl sites for hydroxylation is 4. The van der Waals surface area contributed by atoms with Gasteiger partial charge in [-0.2, -0.15) is 0 Å². The predicted molar refractivity (Wildman–Crippen MR) is 81.2 cm³/mol. The lowest BCUT2D eigenvalue weighted by atomic mass is 10.1. The van der Waals surface area contributed by atoms with Gasteiger partial charge in [0.15, 0.2) is 0 Å². The molecule has 0 saturated carbocycles. The highest BCUT2D eigenvalue weighted by atomic mass is 35.5. The van der Waals surface area contributed by atoms with Crippen molar-refractivity contribution in [1.82, 2.24) is 5.16 Å². The van der Waals surface area contributed by atoms with E-state index < -0.39 is 5.24 Å². The first kappa shape index (κ1) is 15.6. The van der Waals surface area contributed by atoms with Crippen LogP contribution in [0.2, 0.25) is 0 Å². The van der Waals surface area contributed by atoms with Gasteiger partial charge in [0.25, 0.3) is 5.24 Å². The number of ether oxygens (including phenoxy) is 1. The minimum absolute atomic E-state index is 0.451. The molecule has 0 spiro atoms. The van der Waals surface area contributed by atoms with Crippen molar-refractivity contribution in [2.45, 2.75) is 33.6 Å². The van der Waals surface area contributed by atoms with Crippen molar-refractivity contribution in [2.24, 2.45) is 0 Å². The molecule has 2 aromatic rings. The fourth-order valence-electron chi connectivity index (χ4n) is 2.25. The van der Waals surface area contributed by atoms with E-state index in [0.717, 1.165) is 41.2 Å². The number of nitrogens with zero attached hydrogens (tertiary/aromatic N) is 1. The van der Waals surface area contributed by atoms with E-state index in [1.54, 1.807) is 12.1 Å². The van der Waals surface area contributed by atoms with Gasteiger partial charge >= 0.3 is 0 Å². The fourth-order valence-corrected chi connectivity index (χ4v) is 2.36. The lowest BCUT2D eigenvalue weighted by Crippen LogP contribution is -2.03. The van der Waals surface area contributed by atoms with E-state index in [1.807, 2.05) is 26.8 Å². The quantitative estimate of drug-likeness (QED) is 0.598. The van der Waals surface area contributed by atoms with Crippen LogP contribution in [0.15, 0.2) is 22.7 Å². The Hall–Kier alpha value is -1.81. The van der Waals surface area contributed by atoms with Gasteiger partial charge in [0, 0.05) is 18.1 Å². The van der Waals surface area contributed by atoms with E-state index in [2.05, 4.69) is 5.16 Å². The highest BCUT2D eigenvalue weighted by molar-refractivity contribution is 6.67. The second kappa shape index (κ2) is 6.76. The van der Waals surface area contributed by atoms with E-state index >= 15 is 0 Å². The van der Waals surface area contributed by atoms with Gasteiger partial charge in [-0.1, -0.05) is 5.16 Å². The van der Waals surface area contributed by atoms with Crippen LogP contribution in [0.3, 0.4) is 0 Å². The van der Waals surface area contributed by atoms with Gasteiger partial charge in [-0.3, -0.25) is 4.79 Å². The molecule has 0 unspecified atom stereocenters. The van der Waals surface area contributed by atoms with Gasteiger partial charge in [0.05, 0.1) is 12.3 Å². The number of benzene rings is 1. The summed E-state index contributed by atoms with van der Waals surface area (Å²) >= 11 is 5.50. The van der Waals surface area contributed by atoms with Crippen molar-refractivity contribution in [3.8, 4) is 5.75 Å². The first-order valence-corrected chi connectivity index (χ1v) is 7.21. The van der Waals surface area contributed by atoms with Crippen LogP contribution in [0.25, 0.3) is 0 Å². The van der Waals surface area contributed by atoms with Crippen molar-refractivity contribution in [3.63, 3.8) is 0 Å². The zero-order chi connectivity index (χ0) is 15.4. The van der Waals surface area contributed by atoms with Gasteiger partial charge in [-0.25, -0.2) is 0 Å². The molecule has 0 radical (unpaired) electrons. The molecule has 21 heavy (non-hydrogen) atoms. The standard InChI is InChI=1S/C16H18ClNO3/c1-10-7-13(16(17)19)8-11(2)15(10)20-6-4-5-14-9-12(3)18-21-14/h7-9H,4-6H2,1-3H3. The Morgan fingerprint density at radius 2 is 1.90 bits per heavy atom. The molecule has 1 aromatic carbocycles. The average Bonchev–Trinajstić information content (AvgIpc) is 2.82. The molecule has 0 aliphatic heterocycles. The van der Waals surface area contributed by atoms with Crippen molar-refractivity contribution in [3.05, 3.63) is 46.3 Å². The molecular formula is C16H18ClNO3. The number of carbonyl (C=O) groups excluding carboxylic acids is 1. The smallest absolute Gasteiger partial charge is 0.252 e. The lowest BCUT2D eigenvalue weighted by Gasteiger charge is -2.12. The maximum Gasteiger partial charge on any atom is 0.252 e. The largest absolute Gasteiger partial charge is 0.493 e. The molecule has 1 heterocycles. The summed E-state index contributed by atoms with van der Waals surface area (Å²) in [5, 5.41) is 3.40. The summed E-state index contributed by atoms with van der Waals surface area (Å²) in [5.41, 5.74) is 3.21. The first-order chi connectivity index (χ1) is 9.97. The zero-order valence-electron chi connectivity index (χ0n) is 12.4. The van der Waals surface area contributed by atoms with Crippen LogP contribution in [-0.2, 0) is 6.42 Å². The molecule has 0 atom stereocenters. The second-order valence-corrected chi connectivity index (χ2v) is 5.44. The number of carbonyl (C=O) groups is 1. The van der Waals surface area contributed by atoms with Crippen molar-refractivity contribution < 1.29 is 14.1 Å². The van der Waals surface area contributed by atoms with Gasteiger partial charge in [0.1, 0.15) is 11.5 Å². The summed E-state index contributed by atoms with van der Waals surface area (Å²) in [7, 11) is 0. The normalized spacial score (nSPS) is 10.7. The SMILES string of the molecule is Cc1cc(CCCOc2c(C)cc(C(=O)Cl)cc2C)on1. The highest BCUT2D eigenvalue weighted by Gasteiger charge is 2.10. The monoisotopic (exact) mass is 307 g/mol. The summed E-state index contributed by atoms with van der Waals surface area (Å²) in [5.74, 6) is 1.68. The van der Waals surface area contributed by atoms with Crippen molar-refractivity contribution >= 4 is 16.8 Å². The van der Waals surface area contributed by atoms with Gasteiger partial charge in [-0.05, 0) is 62.1 Å². The highest BCUT2D eigenvalue weighted by Crippen LogP contribution is 2.25. The summed E-state index contributed by atoms with van der Waals surface area (Å²) in [6.45, 7) is 6.29. The third-order valence-electron chi connectivity index (χ3n) is 3.18. The minimum atomic E-state index is -0.451. The topological polar surface area (TPSA) is 52.3 Å². The number of aromatic nitrogens is 1. The van der Waals surface area contributed by atoms with Crippen LogP contribution in [0.1, 0.15) is 39.4 Å². The summed E-state index contributed by atoms with van der Waals surface area (Å²) in [4.78, 5) is 11.2. The Morgan fingerprint density at radius 3 is 2.43 bits per heavy atom. The average molecular weight is 308 g/mol. The Morgan fingerprint density at radius 1 is 1.24 bits per heavy atom. The third-order valence-corrected chi connectivity index (χ3v) is 3.40. The molecule has 1 aromatic heterocycles. The molecule has 0 aliphatic rings. The Kier molecular flexibility index (Phi) is 5.02. The number of hydrogen-bond acceptors (Lipinski definition) is 4. The predicted octanol–water partition coefficient (Wildman–Crippen LogP) is 3.99. The van der Waals surface area contributed by atoms with Crippen LogP contribution < -0.4 is 4.74 Å². The second-order valence-electron chi connectivity index (χ2n) is 5.10. The maximum absolute atomic E-state index is 11.2. The summed E-state index contributed by atoms with van der Waals surface area (Å²) in [6.07, 6.45) is 1.63. The zero-order valence-corrected chi connectivity index (χ0v) is 13.2. The Bertz CT molecular complexity index is 626. The third kappa shape index (κ3) is 4.08. The van der Waals surface area contributed by atoms with E-state index in [-0.39, 0.29) is 0 Å². The van der Waals surface area contributed by atoms with Crippen LogP contribution in [0.4, 0.5) is 0 Å². The van der Waals surface area contributed by atoms with Gasteiger partial charge in [-0.15, -0.1) is 0 Å². The van der Waals surface area contributed by atoms with Crippen LogP contribution in [0, 0.1) is 20.8 Å². The molecule has 2 rings (SSSR count). The van der Waals surface area contributed by atoms with Gasteiger partial charge in [0.2, 0.25) is 0 Å². The first-order valence-electron chi connectivity index (χ1n) is 6.83. The number of rotatable bonds is 6. The van der Waals surface area contributed by atoms with Crippen molar-refractivity contribution in [2.75, 3.05) is 6.61 Å². The number of halogens is 1. The molecule has 112 valence electrons. The Balaban J connectivity index is 1.92. The Labute approximate surface area is 129 Å². The minimum Gasteiger partial charge on any atom is -0.493 e. The molecule has 0 bridgehead atoms. The van der Waals surface area contributed by atoms with E-state index in [9.17, 15) is 4.79 Å². The molecule has 4 nitrogen and oxygen atoms in total. The molecule has 0 amide bonds. The molecular weight excluding hydrogens is 290 g/mol. The molecule has 0 fully saturated rings. The summed E-state index contributed by atoms with van der Waals surface area (Å²) in [6, 6.07) is 5.42. The molecule has 0 saturated heterocycles. The molecule has 0 N–H and O–H groups in total. The summed E-state index contributed by atoms with van der Waals surface area (Å²) < 4.78 is 11.0. The lowest BCUT2D eigenvalue weighted by molar-refractivity contribution is 0.108. The van der Waals surface area contributed by atoms with E-state index in [4.69, 9.17) is 20.9 Å². The van der Waals surface area contributed by atoms with Crippen molar-refractivity contribution in [1.29, 1.82) is 0 Å². The molecule has 5 heteroatoms. The van der Waals surface area contributed by atoms with Crippen LogP contribution in [0.5, 0.6) is 5.75 Å². The van der Waals surface area contributed by atoms with E-state index in [1.165, 1.54) is 0 Å². The fraction of sp³-hybridized carbons (Fsp3) is 0.375. The maximum atomic E-state index is 11.2. The van der Waals surface area contributed by atoms with Crippen LogP contribution >= 0.6 is 11.6 Å². The van der Waals surface area contributed by atoms with Crippen LogP contribution in [-0.4, -0.2) is 17.0 Å².